The van der Waals surface area contributed by atoms with Crippen LogP contribution in [0.15, 0.2) is 42.5 Å². The summed E-state index contributed by atoms with van der Waals surface area (Å²) in [5, 5.41) is 0.629. The SMILES string of the molecule is CCCCS(=O)(=O)Nc1ccc(Cl)cc1C(=O)c1ccccc1Cl. The molecule has 0 fully saturated rings. The minimum Gasteiger partial charge on any atom is -0.288 e. The molecule has 0 saturated heterocycles. The Kier molecular flexibility index (Phi) is 6.27. The predicted molar refractivity (Wildman–Crippen MR) is 98.7 cm³/mol. The number of nitrogens with one attached hydrogen (secondary N) is 1. The molecule has 0 unspecified atom stereocenters. The van der Waals surface area contributed by atoms with Gasteiger partial charge in [-0.15, -0.1) is 0 Å². The Labute approximate surface area is 151 Å². The first-order valence-corrected chi connectivity index (χ1v) is 9.84. The molecule has 0 heterocycles. The minimum atomic E-state index is -3.54. The Balaban J connectivity index is 2.42. The summed E-state index contributed by atoms with van der Waals surface area (Å²) in [5.41, 5.74) is 0.645. The van der Waals surface area contributed by atoms with Crippen LogP contribution in [0.2, 0.25) is 10.0 Å². The molecule has 2 aromatic rings. The van der Waals surface area contributed by atoms with E-state index < -0.39 is 15.8 Å². The van der Waals surface area contributed by atoms with E-state index in [9.17, 15) is 13.2 Å². The summed E-state index contributed by atoms with van der Waals surface area (Å²) >= 11 is 12.1. The third-order valence-corrected chi connectivity index (χ3v) is 5.30. The highest BCUT2D eigenvalue weighted by atomic mass is 35.5. The fraction of sp³-hybridized carbons (Fsp3) is 0.235. The van der Waals surface area contributed by atoms with Gasteiger partial charge in [0, 0.05) is 16.1 Å². The van der Waals surface area contributed by atoms with Gasteiger partial charge in [-0.3, -0.25) is 9.52 Å². The topological polar surface area (TPSA) is 63.2 Å². The highest BCUT2D eigenvalue weighted by Crippen LogP contribution is 2.27. The van der Waals surface area contributed by atoms with Gasteiger partial charge in [0.25, 0.3) is 0 Å². The van der Waals surface area contributed by atoms with Crippen molar-refractivity contribution in [2.24, 2.45) is 0 Å². The van der Waals surface area contributed by atoms with E-state index in [1.54, 1.807) is 24.3 Å². The van der Waals surface area contributed by atoms with Gasteiger partial charge in [0.1, 0.15) is 0 Å². The largest absolute Gasteiger partial charge is 0.288 e. The number of ketones is 1. The average molecular weight is 386 g/mol. The first-order chi connectivity index (χ1) is 11.3. The molecule has 0 bridgehead atoms. The second-order valence-corrected chi connectivity index (χ2v) is 7.96. The number of hydrogen-bond acceptors (Lipinski definition) is 3. The zero-order chi connectivity index (χ0) is 17.7. The van der Waals surface area contributed by atoms with E-state index in [0.29, 0.717) is 16.5 Å². The van der Waals surface area contributed by atoms with Gasteiger partial charge in [0.05, 0.1) is 16.5 Å². The van der Waals surface area contributed by atoms with Gasteiger partial charge < -0.3 is 0 Å². The Morgan fingerprint density at radius 3 is 2.46 bits per heavy atom. The van der Waals surface area contributed by atoms with Crippen LogP contribution in [0, 0.1) is 0 Å². The van der Waals surface area contributed by atoms with Crippen molar-refractivity contribution in [2.75, 3.05) is 10.5 Å². The van der Waals surface area contributed by atoms with Crippen molar-refractivity contribution >= 4 is 44.7 Å². The molecule has 0 aliphatic carbocycles. The third-order valence-electron chi connectivity index (χ3n) is 3.38. The van der Waals surface area contributed by atoms with Gasteiger partial charge in [-0.25, -0.2) is 8.42 Å². The number of anilines is 1. The monoisotopic (exact) mass is 385 g/mol. The molecule has 2 rings (SSSR count). The summed E-state index contributed by atoms with van der Waals surface area (Å²) in [6, 6.07) is 11.0. The zero-order valence-electron chi connectivity index (χ0n) is 13.1. The zero-order valence-corrected chi connectivity index (χ0v) is 15.4. The van der Waals surface area contributed by atoms with Crippen LogP contribution in [-0.4, -0.2) is 20.0 Å². The molecule has 4 nitrogen and oxygen atoms in total. The van der Waals surface area contributed by atoms with Gasteiger partial charge in [-0.2, -0.15) is 0 Å². The maximum Gasteiger partial charge on any atom is 0.232 e. The Hall–Kier alpha value is -1.56. The molecule has 0 saturated carbocycles. The maximum absolute atomic E-state index is 12.8. The van der Waals surface area contributed by atoms with Gasteiger partial charge in [-0.1, -0.05) is 48.7 Å². The second-order valence-electron chi connectivity index (χ2n) is 5.27. The summed E-state index contributed by atoms with van der Waals surface area (Å²) in [7, 11) is -3.54. The average Bonchev–Trinajstić information content (AvgIpc) is 2.54. The minimum absolute atomic E-state index is 0.00809. The van der Waals surface area contributed by atoms with E-state index in [0.717, 1.165) is 6.42 Å². The van der Waals surface area contributed by atoms with E-state index >= 15 is 0 Å². The third kappa shape index (κ3) is 4.72. The van der Waals surface area contributed by atoms with Gasteiger partial charge in [0.2, 0.25) is 10.0 Å². The van der Waals surface area contributed by atoms with E-state index in [1.165, 1.54) is 18.2 Å². The molecule has 2 aromatic carbocycles. The highest BCUT2D eigenvalue weighted by molar-refractivity contribution is 7.92. The number of halogens is 2. The molecule has 0 aromatic heterocycles. The van der Waals surface area contributed by atoms with E-state index in [1.807, 2.05) is 6.92 Å². The van der Waals surface area contributed by atoms with Gasteiger partial charge in [-0.05, 0) is 36.8 Å². The molecule has 0 amide bonds. The summed E-state index contributed by atoms with van der Waals surface area (Å²) in [6.07, 6.45) is 1.30. The second kappa shape index (κ2) is 8.01. The van der Waals surface area contributed by atoms with Crippen LogP contribution in [0.1, 0.15) is 35.7 Å². The number of carbonyl (C=O) groups is 1. The summed E-state index contributed by atoms with van der Waals surface area (Å²) in [4.78, 5) is 12.8. The quantitative estimate of drug-likeness (QED) is 0.698. The van der Waals surface area contributed by atoms with Crippen molar-refractivity contribution in [2.45, 2.75) is 19.8 Å². The van der Waals surface area contributed by atoms with Crippen LogP contribution in [0.5, 0.6) is 0 Å². The van der Waals surface area contributed by atoms with Crippen LogP contribution in [-0.2, 0) is 10.0 Å². The number of benzene rings is 2. The smallest absolute Gasteiger partial charge is 0.232 e. The summed E-state index contributed by atoms with van der Waals surface area (Å²) in [6.45, 7) is 1.91. The van der Waals surface area contributed by atoms with Crippen LogP contribution in [0.3, 0.4) is 0 Å². The Bertz CT molecular complexity index is 851. The van der Waals surface area contributed by atoms with Crippen LogP contribution < -0.4 is 4.72 Å². The summed E-state index contributed by atoms with van der Waals surface area (Å²) in [5.74, 6) is -0.400. The predicted octanol–water partition coefficient (Wildman–Crippen LogP) is 4.77. The fourth-order valence-electron chi connectivity index (χ4n) is 2.14. The van der Waals surface area contributed by atoms with Crippen LogP contribution in [0.25, 0.3) is 0 Å². The maximum atomic E-state index is 12.8. The molecule has 128 valence electrons. The Morgan fingerprint density at radius 1 is 1.08 bits per heavy atom. The van der Waals surface area contributed by atoms with Crippen molar-refractivity contribution in [3.05, 3.63) is 63.6 Å². The standard InChI is InChI=1S/C17H17Cl2NO3S/c1-2-3-10-24(22,23)20-16-9-8-12(18)11-14(16)17(21)13-6-4-5-7-15(13)19/h4-9,11,20H,2-3,10H2,1H3. The number of unbranched alkanes of at least 4 members (excludes halogenated alkanes) is 1. The van der Waals surface area contributed by atoms with Crippen molar-refractivity contribution in [1.82, 2.24) is 0 Å². The van der Waals surface area contributed by atoms with E-state index in [-0.39, 0.29) is 22.6 Å². The molecule has 0 atom stereocenters. The molecule has 0 aliphatic heterocycles. The number of sulfonamides is 1. The van der Waals surface area contributed by atoms with Crippen molar-refractivity contribution in [3.8, 4) is 0 Å². The van der Waals surface area contributed by atoms with Crippen LogP contribution >= 0.6 is 23.2 Å². The van der Waals surface area contributed by atoms with E-state index in [2.05, 4.69) is 4.72 Å². The highest BCUT2D eigenvalue weighted by Gasteiger charge is 2.20. The lowest BCUT2D eigenvalue weighted by atomic mass is 10.0. The van der Waals surface area contributed by atoms with E-state index in [4.69, 9.17) is 23.2 Å². The molecule has 7 heteroatoms. The molecule has 1 N–H and O–H groups in total. The van der Waals surface area contributed by atoms with Crippen molar-refractivity contribution < 1.29 is 13.2 Å². The number of hydrogen-bond donors (Lipinski definition) is 1. The molecular weight excluding hydrogens is 369 g/mol. The normalized spacial score (nSPS) is 11.3. The lowest BCUT2D eigenvalue weighted by Crippen LogP contribution is -2.19. The molecule has 0 radical (unpaired) electrons. The van der Waals surface area contributed by atoms with Gasteiger partial charge >= 0.3 is 0 Å². The lowest BCUT2D eigenvalue weighted by molar-refractivity contribution is 0.103. The molecule has 24 heavy (non-hydrogen) atoms. The first-order valence-electron chi connectivity index (χ1n) is 7.43. The summed E-state index contributed by atoms with van der Waals surface area (Å²) < 4.78 is 26.7. The van der Waals surface area contributed by atoms with Gasteiger partial charge in [0.15, 0.2) is 5.78 Å². The van der Waals surface area contributed by atoms with Crippen molar-refractivity contribution in [1.29, 1.82) is 0 Å². The number of carbonyl (C=O) groups excluding carboxylic acids is 1. The number of rotatable bonds is 7. The molecule has 0 spiro atoms. The van der Waals surface area contributed by atoms with Crippen molar-refractivity contribution in [3.63, 3.8) is 0 Å². The molecular formula is C17H17Cl2NO3S. The Morgan fingerprint density at radius 2 is 1.79 bits per heavy atom. The first kappa shape index (κ1) is 18.8. The fourth-order valence-corrected chi connectivity index (χ4v) is 3.81. The lowest BCUT2D eigenvalue weighted by Gasteiger charge is -2.13. The molecule has 0 aliphatic rings. The van der Waals surface area contributed by atoms with Crippen LogP contribution in [0.4, 0.5) is 5.69 Å².